The molecule has 5 aliphatic rings. The lowest BCUT2D eigenvalue weighted by Gasteiger charge is -2.27. The number of carboxylic acids is 1. The van der Waals surface area contributed by atoms with Gasteiger partial charge in [0, 0.05) is 38.9 Å². The molecule has 0 saturated heterocycles. The van der Waals surface area contributed by atoms with Crippen LogP contribution in [-0.2, 0) is 134 Å². The van der Waals surface area contributed by atoms with Crippen molar-refractivity contribution < 1.29 is 160 Å². The highest BCUT2D eigenvalue weighted by atomic mass is 32.2. The summed E-state index contributed by atoms with van der Waals surface area (Å²) < 4.78 is 73.9. The second-order valence-corrected chi connectivity index (χ2v) is 35.3. The molecule has 0 amide bonds. The summed E-state index contributed by atoms with van der Waals surface area (Å²) in [5.41, 5.74) is 3.31. The highest BCUT2D eigenvalue weighted by Gasteiger charge is 2.39. The number of carboxylic acid groups (broad SMARTS) is 1. The van der Waals surface area contributed by atoms with Crippen molar-refractivity contribution in [1.29, 1.82) is 10.5 Å². The smallest absolute Gasteiger partial charge is 0.330 e. The van der Waals surface area contributed by atoms with Gasteiger partial charge in [0.25, 0.3) is 11.4 Å². The number of phenols is 2. The van der Waals surface area contributed by atoms with Crippen LogP contribution < -0.4 is 23.7 Å². The maximum absolute atomic E-state index is 13.8. The number of ether oxygens (including phenoxy) is 14. The lowest BCUT2D eigenvalue weighted by molar-refractivity contribution is -0.152. The molecule has 0 aromatic heterocycles. The van der Waals surface area contributed by atoms with Crippen LogP contribution in [0.3, 0.4) is 0 Å². The lowest BCUT2D eigenvalue weighted by atomic mass is 9.82. The van der Waals surface area contributed by atoms with Crippen molar-refractivity contribution in [3.8, 4) is 52.4 Å². The first kappa shape index (κ1) is 125. The Hall–Kier alpha value is -14.3. The Bertz CT molecular complexity index is 5530. The number of benzene rings is 5. The van der Waals surface area contributed by atoms with Crippen molar-refractivity contribution in [2.75, 3.05) is 59.5 Å². The molecule has 41 heteroatoms. The number of fused-ring (bicyclic) bond motifs is 2. The highest BCUT2D eigenvalue weighted by molar-refractivity contribution is 8.25. The number of phenolic OH excluding ortho intramolecular Hbond substituents is 2. The summed E-state index contributed by atoms with van der Waals surface area (Å²) >= 11 is 4.42. The van der Waals surface area contributed by atoms with E-state index in [2.05, 4.69) is 34.2 Å². The third-order valence-corrected chi connectivity index (χ3v) is 26.4. The average molecular weight is 2090 g/mol. The highest BCUT2D eigenvalue weighted by Crippen LogP contribution is 2.61. The Morgan fingerprint density at radius 2 is 0.641 bits per heavy atom. The zero-order valence-electron chi connectivity index (χ0n) is 81.1. The molecule has 10 rings (SSSR count). The monoisotopic (exact) mass is 2090 g/mol. The quantitative estimate of drug-likeness (QED) is 0.00478. The second-order valence-electron chi connectivity index (χ2n) is 30.7. The zero-order valence-corrected chi connectivity index (χ0v) is 84.4. The van der Waals surface area contributed by atoms with E-state index in [-0.39, 0.29) is 164 Å². The minimum absolute atomic E-state index is 0. The van der Waals surface area contributed by atoms with Gasteiger partial charge in [-0.2, -0.15) is 0 Å². The van der Waals surface area contributed by atoms with E-state index in [4.69, 9.17) is 85.1 Å². The SMILES string of the molecule is C.C=CC(=O)OCCOC(=O)CCC(=O)OCCc1ccc(OC(=O)C2CCC(C(=O)O)CC2)cc1.CC.CC.CC.F.[C-]#[N+]/C(C#N)=C1/Sc2c(O)cc(C)c(O)c2S1.[C-]#[N+]/C(C#N)=C1/Sc2c(OC(=O)C3CCC(C(=O)Oc4ccc(CCOC(=O)CCC(=O)OCCOC(=O)C=C)cc4)CC3)cc(C)c(OC(=O)C3CCC(C(=O)Oc4ccc(CCOC(=O)CCC(=O)OCCOC(=O)C=C)cc4)CC3)c2S1.[HH]. The standard InChI is InChI=1S/C61H62N2O20S2.C25H30O10.C11H6N2O2S2.3C2H6.CH4.FH.H2/c1-5-48(64)76-31-33-78-52(68)25-23-50(66)74-29-27-38-7-19-44(20-8-38)80-57(70)40-11-15-42(16-12-40)59(72)82-47-35-37(3)54(56-55(47)84-61(85-56)46(36-62)63-4)83-60(73)43-17-13-41(14-18-43)58(71)81-45-21-9-39(10-22-45)28-30-75-51(67)24-26-53(69)79-34-32-77-49(65)6-2;1-2-21(26)33-15-16-34-23(28)12-11-22(27)32-14-13-17-3-9-20(10-4-17)35-25(31)19-7-5-18(6-8-19)24(29)30;1-5-3-7(14)9-10(8(5)15)17-11(16-9)6(4-12)13-2;3*1-2;;;/h5-10,19-22,35,40-43H,1-2,11-18,23-34H2,3H3;2-4,9-10,18-19H,1,5-8,11-16H2,(H,29,30);3,14-15H,1H3;3*1-2H3;1H4;2*1H/b61-46-;;11-6-;;;;;;. The summed E-state index contributed by atoms with van der Waals surface area (Å²) in [6.07, 6.45) is 7.86. The molecule has 0 atom stereocenters. The van der Waals surface area contributed by atoms with Crippen LogP contribution in [0.5, 0.6) is 40.2 Å². The fourth-order valence-electron chi connectivity index (χ4n) is 13.7. The Morgan fingerprint density at radius 1 is 0.379 bits per heavy atom. The van der Waals surface area contributed by atoms with Crippen molar-refractivity contribution in [2.24, 2.45) is 35.5 Å². The van der Waals surface area contributed by atoms with E-state index in [0.29, 0.717) is 153 Å². The summed E-state index contributed by atoms with van der Waals surface area (Å²) in [6.45, 7) is 39.1. The number of hydrogen-bond donors (Lipinski definition) is 3. The Balaban J connectivity index is 0.000000960. The predicted molar refractivity (Wildman–Crippen MR) is 533 cm³/mol. The van der Waals surface area contributed by atoms with Gasteiger partial charge in [0.15, 0.2) is 0 Å². The first-order valence-electron chi connectivity index (χ1n) is 46.2. The summed E-state index contributed by atoms with van der Waals surface area (Å²) in [5, 5.41) is 47.2. The number of rotatable bonds is 41. The minimum atomic E-state index is -0.818. The van der Waals surface area contributed by atoms with Crippen LogP contribution in [0.15, 0.2) is 162 Å². The number of aryl methyl sites for hydroxylation is 2. The number of aromatic hydroxyl groups is 2. The molecule has 3 saturated carbocycles. The van der Waals surface area contributed by atoms with Gasteiger partial charge in [-0.25, -0.2) is 34.6 Å². The maximum atomic E-state index is 13.8. The van der Waals surface area contributed by atoms with E-state index in [0.717, 1.165) is 82.0 Å². The third-order valence-electron chi connectivity index (χ3n) is 21.2. The normalized spacial score (nSPS) is 16.2. The van der Waals surface area contributed by atoms with Gasteiger partial charge in [0.2, 0.25) is 0 Å². The number of esters is 14. The van der Waals surface area contributed by atoms with Gasteiger partial charge in [-0.1, -0.05) is 152 Å². The Kier molecular flexibility index (Phi) is 58.6. The average Bonchev–Trinajstić information content (AvgIpc) is 1.96. The van der Waals surface area contributed by atoms with Gasteiger partial charge < -0.3 is 81.6 Å². The van der Waals surface area contributed by atoms with Crippen molar-refractivity contribution in [3.05, 3.63) is 193 Å². The Morgan fingerprint density at radius 3 is 0.931 bits per heavy atom. The summed E-state index contributed by atoms with van der Waals surface area (Å²) in [5.74, 6) is -9.78. The van der Waals surface area contributed by atoms with Gasteiger partial charge in [0.05, 0.1) is 147 Å². The zero-order chi connectivity index (χ0) is 105. The first-order valence-corrected chi connectivity index (χ1v) is 49.5. The summed E-state index contributed by atoms with van der Waals surface area (Å²) in [7, 11) is 0. The van der Waals surface area contributed by atoms with E-state index >= 15 is 0 Å². The van der Waals surface area contributed by atoms with E-state index < -0.39 is 107 Å². The lowest BCUT2D eigenvalue weighted by Crippen LogP contribution is -2.31. The van der Waals surface area contributed by atoms with Crippen LogP contribution in [0.2, 0.25) is 0 Å². The molecule has 2 aliphatic heterocycles. The number of carbonyl (C=O) groups excluding carboxylic acids is 14. The molecule has 0 unspecified atom stereocenters. The number of thioether (sulfide) groups is 4. The molecule has 3 fully saturated rings. The van der Waals surface area contributed by atoms with Gasteiger partial charge in [0.1, 0.15) is 79.9 Å². The molecular formula is C104H123FN4O32S4. The molecule has 782 valence electrons. The number of carbonyl (C=O) groups is 15. The maximum Gasteiger partial charge on any atom is 0.330 e. The van der Waals surface area contributed by atoms with Crippen molar-refractivity contribution in [3.63, 3.8) is 0 Å². The molecule has 5 aromatic rings. The van der Waals surface area contributed by atoms with Crippen LogP contribution in [0.25, 0.3) is 9.69 Å². The number of halogens is 1. The fraction of sp³-hybridized carbons (Fsp3) is 0.433. The van der Waals surface area contributed by atoms with Gasteiger partial charge in [-0.05, 0) is 167 Å². The van der Waals surface area contributed by atoms with E-state index in [1.54, 1.807) is 98.8 Å². The van der Waals surface area contributed by atoms with Crippen molar-refractivity contribution >= 4 is 137 Å². The van der Waals surface area contributed by atoms with Gasteiger partial charge in [-0.15, -0.1) is 0 Å². The minimum Gasteiger partial charge on any atom is -0.507 e. The number of nitrogens with zero attached hydrogens (tertiary/aromatic N) is 4. The number of aliphatic carboxylic acids is 1. The van der Waals surface area contributed by atoms with Crippen LogP contribution in [0, 0.1) is 85.2 Å². The molecule has 5 aromatic carbocycles. The predicted octanol–water partition coefficient (Wildman–Crippen LogP) is 18.7. The van der Waals surface area contributed by atoms with E-state index in [9.17, 15) is 87.4 Å². The molecule has 2 heterocycles. The third kappa shape index (κ3) is 43.1. The van der Waals surface area contributed by atoms with Crippen LogP contribution in [-0.4, -0.2) is 164 Å². The van der Waals surface area contributed by atoms with E-state index in [1.165, 1.54) is 6.07 Å². The molecule has 3 aliphatic carbocycles. The number of hydrogen-bond acceptors (Lipinski definition) is 37. The fourth-order valence-corrected chi connectivity index (χ4v) is 18.7. The largest absolute Gasteiger partial charge is 0.507 e. The summed E-state index contributed by atoms with van der Waals surface area (Å²) in [4.78, 5) is 190. The first-order chi connectivity index (χ1) is 68.8. The van der Waals surface area contributed by atoms with Crippen LogP contribution >= 0.6 is 47.0 Å². The molecule has 0 bridgehead atoms. The van der Waals surface area contributed by atoms with Crippen molar-refractivity contribution in [1.82, 2.24) is 0 Å². The Labute approximate surface area is 859 Å². The van der Waals surface area contributed by atoms with Gasteiger partial charge in [-0.3, -0.25) is 62.2 Å². The van der Waals surface area contributed by atoms with Crippen LogP contribution in [0.1, 0.15) is 194 Å². The molecule has 145 heavy (non-hydrogen) atoms. The van der Waals surface area contributed by atoms with Crippen molar-refractivity contribution in [2.45, 2.75) is 217 Å². The van der Waals surface area contributed by atoms with Crippen LogP contribution in [0.4, 0.5) is 4.70 Å². The molecular weight excluding hydrogens is 1960 g/mol. The topological polar surface area (TPSA) is 502 Å². The summed E-state index contributed by atoms with van der Waals surface area (Å²) in [6, 6.07) is 27.0. The van der Waals surface area contributed by atoms with E-state index in [1.807, 2.05) is 47.6 Å². The number of allylic oxidation sites excluding steroid dienone is 2. The van der Waals surface area contributed by atoms with Gasteiger partial charge >= 0.3 is 89.5 Å². The molecule has 36 nitrogen and oxygen atoms in total. The molecule has 3 N–H and O–H groups in total. The molecule has 0 radical (unpaired) electrons. The molecule has 0 spiro atoms. The second kappa shape index (κ2) is 68.1. The number of nitriles is 2.